The Hall–Kier alpha value is -1.10. The van der Waals surface area contributed by atoms with Crippen LogP contribution in [0.2, 0.25) is 0 Å². The predicted molar refractivity (Wildman–Crippen MR) is 59.0 cm³/mol. The molecule has 1 aliphatic heterocycles. The lowest BCUT2D eigenvalue weighted by molar-refractivity contribution is -0.149. The van der Waals surface area contributed by atoms with Crippen molar-refractivity contribution in [2.24, 2.45) is 16.5 Å². The van der Waals surface area contributed by atoms with E-state index in [2.05, 4.69) is 5.16 Å². The highest BCUT2D eigenvalue weighted by Crippen LogP contribution is 2.31. The van der Waals surface area contributed by atoms with Gasteiger partial charge in [-0.3, -0.25) is 4.79 Å². The summed E-state index contributed by atoms with van der Waals surface area (Å²) in [6.45, 7) is 7.65. The molecule has 0 spiro atoms. The summed E-state index contributed by atoms with van der Waals surface area (Å²) < 4.78 is 4.97. The third kappa shape index (κ3) is 2.52. The van der Waals surface area contributed by atoms with Crippen molar-refractivity contribution in [1.82, 2.24) is 0 Å². The molecule has 0 radical (unpaired) electrons. The number of carbonyl (C=O) groups is 1. The Bertz CT molecular complexity index is 293. The summed E-state index contributed by atoms with van der Waals surface area (Å²) >= 11 is 0. The summed E-state index contributed by atoms with van der Waals surface area (Å²) in [5.74, 6) is -0.974. The maximum Gasteiger partial charge on any atom is 0.318 e. The minimum Gasteiger partial charge on any atom is -0.465 e. The minimum absolute atomic E-state index is 0.243. The molecule has 0 saturated carbocycles. The van der Waals surface area contributed by atoms with Gasteiger partial charge < -0.3 is 14.7 Å². The molecule has 0 fully saturated rings. The van der Waals surface area contributed by atoms with E-state index >= 15 is 0 Å². The van der Waals surface area contributed by atoms with Gasteiger partial charge in [0.1, 0.15) is 5.92 Å². The molecule has 1 N–H and O–H groups in total. The Morgan fingerprint density at radius 2 is 2.19 bits per heavy atom. The quantitative estimate of drug-likeness (QED) is 0.732. The van der Waals surface area contributed by atoms with Crippen LogP contribution < -0.4 is 0 Å². The normalized spacial score (nSPS) is 24.9. The second-order valence-corrected chi connectivity index (χ2v) is 4.78. The number of ether oxygens (including phenoxy) is 1. The second kappa shape index (κ2) is 4.82. The van der Waals surface area contributed by atoms with Gasteiger partial charge >= 0.3 is 5.97 Å². The number of aliphatic hydroxyl groups is 1. The van der Waals surface area contributed by atoms with Gasteiger partial charge in [0.2, 0.25) is 0 Å². The molecule has 5 nitrogen and oxygen atoms in total. The van der Waals surface area contributed by atoms with Gasteiger partial charge in [-0.1, -0.05) is 25.9 Å². The maximum absolute atomic E-state index is 11.8. The smallest absolute Gasteiger partial charge is 0.318 e. The molecule has 0 saturated heterocycles. The molecule has 1 heterocycles. The molecule has 1 aliphatic rings. The van der Waals surface area contributed by atoms with Crippen LogP contribution in [0.15, 0.2) is 5.16 Å². The number of hydrogen-bond donors (Lipinski definition) is 1. The number of aliphatic hydroxyl groups excluding tert-OH is 1. The number of rotatable bonds is 3. The summed E-state index contributed by atoms with van der Waals surface area (Å²) in [7, 11) is 0. The fourth-order valence-corrected chi connectivity index (χ4v) is 1.66. The summed E-state index contributed by atoms with van der Waals surface area (Å²) in [5, 5.41) is 13.0. The van der Waals surface area contributed by atoms with Crippen LogP contribution in [0, 0.1) is 11.3 Å². The van der Waals surface area contributed by atoms with Crippen LogP contribution in [0.5, 0.6) is 0 Å². The highest BCUT2D eigenvalue weighted by atomic mass is 16.7. The van der Waals surface area contributed by atoms with Crippen molar-refractivity contribution in [3.8, 4) is 0 Å². The van der Waals surface area contributed by atoms with E-state index in [0.29, 0.717) is 12.3 Å². The molecular formula is C11H19NO4. The van der Waals surface area contributed by atoms with E-state index in [0.717, 1.165) is 0 Å². The van der Waals surface area contributed by atoms with Gasteiger partial charge in [-0.2, -0.15) is 0 Å². The van der Waals surface area contributed by atoms with Gasteiger partial charge in [-0.15, -0.1) is 0 Å². The SMILES string of the molecule is CCOC(=O)[C@H]1C(C(C)(C)C)=NO[C@@H]1CO. The van der Waals surface area contributed by atoms with Crippen molar-refractivity contribution >= 4 is 11.7 Å². The third-order valence-corrected chi connectivity index (χ3v) is 2.44. The fraction of sp³-hybridized carbons (Fsp3) is 0.818. The zero-order valence-corrected chi connectivity index (χ0v) is 10.2. The minimum atomic E-state index is -0.617. The topological polar surface area (TPSA) is 68.1 Å². The highest BCUT2D eigenvalue weighted by molar-refractivity contribution is 6.06. The van der Waals surface area contributed by atoms with E-state index in [-0.39, 0.29) is 18.0 Å². The lowest BCUT2D eigenvalue weighted by Gasteiger charge is -2.23. The Balaban J connectivity index is 2.89. The van der Waals surface area contributed by atoms with Crippen LogP contribution in [0.4, 0.5) is 0 Å². The van der Waals surface area contributed by atoms with E-state index in [1.807, 2.05) is 20.8 Å². The lowest BCUT2D eigenvalue weighted by atomic mass is 9.80. The predicted octanol–water partition coefficient (Wildman–Crippen LogP) is 0.959. The molecule has 0 aromatic carbocycles. The molecule has 0 unspecified atom stereocenters. The Morgan fingerprint density at radius 3 is 2.62 bits per heavy atom. The van der Waals surface area contributed by atoms with Crippen LogP contribution >= 0.6 is 0 Å². The van der Waals surface area contributed by atoms with Gasteiger partial charge in [0, 0.05) is 5.41 Å². The Labute approximate surface area is 95.4 Å². The van der Waals surface area contributed by atoms with Crippen molar-refractivity contribution in [3.63, 3.8) is 0 Å². The zero-order chi connectivity index (χ0) is 12.3. The van der Waals surface area contributed by atoms with Crippen molar-refractivity contribution in [3.05, 3.63) is 0 Å². The average molecular weight is 229 g/mol. The third-order valence-electron chi connectivity index (χ3n) is 2.44. The molecule has 0 bridgehead atoms. The average Bonchev–Trinajstić information content (AvgIpc) is 2.60. The molecule has 92 valence electrons. The first-order chi connectivity index (χ1) is 7.41. The lowest BCUT2D eigenvalue weighted by Crippen LogP contribution is -2.39. The highest BCUT2D eigenvalue weighted by Gasteiger charge is 2.45. The zero-order valence-electron chi connectivity index (χ0n) is 10.2. The van der Waals surface area contributed by atoms with Gasteiger partial charge in [-0.25, -0.2) is 0 Å². The molecule has 0 aromatic heterocycles. The van der Waals surface area contributed by atoms with Crippen LogP contribution in [-0.4, -0.2) is 36.1 Å². The van der Waals surface area contributed by atoms with E-state index in [1.54, 1.807) is 6.92 Å². The molecule has 0 amide bonds. The first kappa shape index (κ1) is 13.0. The van der Waals surface area contributed by atoms with Crippen LogP contribution in [0.25, 0.3) is 0 Å². The van der Waals surface area contributed by atoms with E-state index in [9.17, 15) is 4.79 Å². The van der Waals surface area contributed by atoms with E-state index < -0.39 is 12.0 Å². The molecular weight excluding hydrogens is 210 g/mol. The standard InChI is InChI=1S/C11H19NO4/c1-5-15-10(14)8-7(6-13)16-12-9(8)11(2,3)4/h7-8,13H,5-6H2,1-4H3/t7-,8-/m1/s1. The Kier molecular flexibility index (Phi) is 3.91. The summed E-state index contributed by atoms with van der Waals surface area (Å²) in [4.78, 5) is 16.8. The summed E-state index contributed by atoms with van der Waals surface area (Å²) in [6, 6.07) is 0. The number of esters is 1. The van der Waals surface area contributed by atoms with Crippen LogP contribution in [0.3, 0.4) is 0 Å². The van der Waals surface area contributed by atoms with E-state index in [1.165, 1.54) is 0 Å². The number of carbonyl (C=O) groups excluding carboxylic acids is 1. The van der Waals surface area contributed by atoms with Crippen molar-refractivity contribution in [2.75, 3.05) is 13.2 Å². The first-order valence-electron chi connectivity index (χ1n) is 5.43. The first-order valence-corrected chi connectivity index (χ1v) is 5.43. The van der Waals surface area contributed by atoms with Gasteiger partial charge in [-0.05, 0) is 6.92 Å². The van der Waals surface area contributed by atoms with Crippen LogP contribution in [0.1, 0.15) is 27.7 Å². The second-order valence-electron chi connectivity index (χ2n) is 4.78. The van der Waals surface area contributed by atoms with Gasteiger partial charge in [0.05, 0.1) is 18.9 Å². The van der Waals surface area contributed by atoms with Crippen molar-refractivity contribution < 1.29 is 19.5 Å². The monoisotopic (exact) mass is 229 g/mol. The molecule has 1 rings (SSSR count). The van der Waals surface area contributed by atoms with E-state index in [4.69, 9.17) is 14.7 Å². The number of hydrogen-bond acceptors (Lipinski definition) is 5. The van der Waals surface area contributed by atoms with Crippen LogP contribution in [-0.2, 0) is 14.4 Å². The summed E-state index contributed by atoms with van der Waals surface area (Å²) in [6.07, 6.45) is -0.617. The summed E-state index contributed by atoms with van der Waals surface area (Å²) in [5.41, 5.74) is 0.353. The van der Waals surface area contributed by atoms with Gasteiger partial charge in [0.25, 0.3) is 0 Å². The molecule has 2 atom stereocenters. The van der Waals surface area contributed by atoms with Gasteiger partial charge in [0.15, 0.2) is 6.10 Å². The molecule has 16 heavy (non-hydrogen) atoms. The molecule has 0 aliphatic carbocycles. The number of oxime groups is 1. The van der Waals surface area contributed by atoms with Crippen molar-refractivity contribution in [2.45, 2.75) is 33.8 Å². The molecule has 0 aromatic rings. The van der Waals surface area contributed by atoms with Crippen molar-refractivity contribution in [1.29, 1.82) is 0 Å². The maximum atomic E-state index is 11.8. The Morgan fingerprint density at radius 1 is 1.56 bits per heavy atom. The molecule has 5 heteroatoms. The fourth-order valence-electron chi connectivity index (χ4n) is 1.66. The largest absolute Gasteiger partial charge is 0.465 e. The number of nitrogens with zero attached hydrogens (tertiary/aromatic N) is 1.